The maximum atomic E-state index is 12.9. The minimum absolute atomic E-state index is 0.0500. The molecule has 160 valence electrons. The SMILES string of the molecule is CNCCCCCC(=O)COc1cccc2c1C(=O)N(C1CCC(=O)NC1=O)C2=O. The van der Waals surface area contributed by atoms with E-state index in [9.17, 15) is 24.0 Å². The standard InChI is InChI=1S/C21H25N3O6/c1-22-11-4-2-3-6-13(25)12-30-16-8-5-7-14-18(16)21(29)24(20(14)28)15-9-10-17(26)23-19(15)27/h5,7-8,15,22H,2-4,6,9-12H2,1H3,(H,23,26,27). The second-order valence-electron chi connectivity index (χ2n) is 7.37. The van der Waals surface area contributed by atoms with Gasteiger partial charge in [0.15, 0.2) is 5.78 Å². The zero-order valence-corrected chi connectivity index (χ0v) is 16.9. The quantitative estimate of drug-likeness (QED) is 0.428. The molecule has 0 aromatic heterocycles. The molecule has 4 amide bonds. The number of amides is 4. The molecule has 2 aliphatic rings. The zero-order chi connectivity index (χ0) is 21.7. The van der Waals surface area contributed by atoms with Crippen LogP contribution < -0.4 is 15.4 Å². The summed E-state index contributed by atoms with van der Waals surface area (Å²) in [6.45, 7) is 0.711. The van der Waals surface area contributed by atoms with Gasteiger partial charge in [-0.25, -0.2) is 0 Å². The van der Waals surface area contributed by atoms with Crippen LogP contribution in [0, 0.1) is 0 Å². The molecule has 1 unspecified atom stereocenters. The summed E-state index contributed by atoms with van der Waals surface area (Å²) < 4.78 is 5.57. The molecule has 0 radical (unpaired) electrons. The molecule has 0 saturated carbocycles. The summed E-state index contributed by atoms with van der Waals surface area (Å²) in [7, 11) is 1.88. The second-order valence-corrected chi connectivity index (χ2v) is 7.37. The molecule has 2 aliphatic heterocycles. The van der Waals surface area contributed by atoms with Crippen LogP contribution in [0.4, 0.5) is 0 Å². The van der Waals surface area contributed by atoms with Gasteiger partial charge in [-0.15, -0.1) is 0 Å². The topological polar surface area (TPSA) is 122 Å². The number of hydrogen-bond donors (Lipinski definition) is 2. The summed E-state index contributed by atoms with van der Waals surface area (Å²) >= 11 is 0. The normalized spacial score (nSPS) is 18.4. The first kappa shape index (κ1) is 21.6. The lowest BCUT2D eigenvalue weighted by molar-refractivity contribution is -0.136. The summed E-state index contributed by atoms with van der Waals surface area (Å²) in [5.74, 6) is -2.30. The smallest absolute Gasteiger partial charge is 0.266 e. The molecule has 1 aromatic carbocycles. The van der Waals surface area contributed by atoms with Crippen molar-refractivity contribution in [3.63, 3.8) is 0 Å². The average Bonchev–Trinajstić information content (AvgIpc) is 2.97. The summed E-state index contributed by atoms with van der Waals surface area (Å²) in [4.78, 5) is 62.2. The Labute approximate surface area is 174 Å². The number of rotatable bonds is 10. The molecule has 0 bridgehead atoms. The molecule has 1 fully saturated rings. The molecule has 30 heavy (non-hydrogen) atoms. The average molecular weight is 415 g/mol. The largest absolute Gasteiger partial charge is 0.485 e. The van der Waals surface area contributed by atoms with E-state index in [1.165, 1.54) is 12.1 Å². The highest BCUT2D eigenvalue weighted by Crippen LogP contribution is 2.33. The van der Waals surface area contributed by atoms with E-state index in [0.717, 1.165) is 30.7 Å². The minimum Gasteiger partial charge on any atom is -0.485 e. The molecular weight excluding hydrogens is 390 g/mol. The predicted octanol–water partition coefficient (Wildman–Crippen LogP) is 0.816. The highest BCUT2D eigenvalue weighted by atomic mass is 16.5. The first-order valence-electron chi connectivity index (χ1n) is 10.1. The predicted molar refractivity (Wildman–Crippen MR) is 106 cm³/mol. The fraction of sp³-hybridized carbons (Fsp3) is 0.476. The molecule has 1 aromatic rings. The number of imide groups is 2. The van der Waals surface area contributed by atoms with E-state index >= 15 is 0 Å². The van der Waals surface area contributed by atoms with Crippen LogP contribution in [0.1, 0.15) is 59.2 Å². The lowest BCUT2D eigenvalue weighted by Crippen LogP contribution is -2.54. The van der Waals surface area contributed by atoms with Gasteiger partial charge in [-0.05, 0) is 45.0 Å². The van der Waals surface area contributed by atoms with E-state index in [2.05, 4.69) is 10.6 Å². The van der Waals surface area contributed by atoms with Crippen LogP contribution in [0.25, 0.3) is 0 Å². The van der Waals surface area contributed by atoms with Crippen molar-refractivity contribution in [3.8, 4) is 5.75 Å². The van der Waals surface area contributed by atoms with Crippen molar-refractivity contribution < 1.29 is 28.7 Å². The molecule has 1 saturated heterocycles. The Morgan fingerprint density at radius 2 is 1.97 bits per heavy atom. The highest BCUT2D eigenvalue weighted by molar-refractivity contribution is 6.24. The number of carbonyl (C=O) groups is 5. The summed E-state index contributed by atoms with van der Waals surface area (Å²) in [6, 6.07) is 3.54. The summed E-state index contributed by atoms with van der Waals surface area (Å²) in [5, 5.41) is 5.21. The van der Waals surface area contributed by atoms with Crippen LogP contribution in [0.2, 0.25) is 0 Å². The van der Waals surface area contributed by atoms with E-state index in [-0.39, 0.29) is 42.1 Å². The number of ketones is 1. The van der Waals surface area contributed by atoms with Gasteiger partial charge in [0.25, 0.3) is 11.8 Å². The first-order chi connectivity index (χ1) is 14.4. The Morgan fingerprint density at radius 3 is 2.70 bits per heavy atom. The first-order valence-corrected chi connectivity index (χ1v) is 10.1. The van der Waals surface area contributed by atoms with E-state index in [1.54, 1.807) is 6.07 Å². The Hall–Kier alpha value is -3.07. The van der Waals surface area contributed by atoms with E-state index in [0.29, 0.717) is 6.42 Å². The van der Waals surface area contributed by atoms with Gasteiger partial charge in [-0.3, -0.25) is 34.2 Å². The van der Waals surface area contributed by atoms with Crippen LogP contribution >= 0.6 is 0 Å². The monoisotopic (exact) mass is 415 g/mol. The molecule has 2 N–H and O–H groups in total. The summed E-state index contributed by atoms with van der Waals surface area (Å²) in [5.41, 5.74) is 0.177. The van der Waals surface area contributed by atoms with Crippen LogP contribution in [0.3, 0.4) is 0 Å². The van der Waals surface area contributed by atoms with Crippen molar-refractivity contribution >= 4 is 29.4 Å². The molecule has 9 heteroatoms. The summed E-state index contributed by atoms with van der Waals surface area (Å²) in [6.07, 6.45) is 3.20. The number of Topliss-reactive ketones (excluding diaryl/α,β-unsaturated/α-hetero) is 1. The number of piperidine rings is 1. The third kappa shape index (κ3) is 4.56. The Bertz CT molecular complexity index is 881. The maximum Gasteiger partial charge on any atom is 0.266 e. The molecular formula is C21H25N3O6. The van der Waals surface area contributed by atoms with Crippen molar-refractivity contribution in [1.29, 1.82) is 0 Å². The Morgan fingerprint density at radius 1 is 1.17 bits per heavy atom. The number of carbonyl (C=O) groups excluding carboxylic acids is 5. The molecule has 2 heterocycles. The van der Waals surface area contributed by atoms with E-state index in [1.807, 2.05) is 7.05 Å². The zero-order valence-electron chi connectivity index (χ0n) is 16.9. The Balaban J connectivity index is 1.66. The van der Waals surface area contributed by atoms with Gasteiger partial charge in [0.2, 0.25) is 11.8 Å². The van der Waals surface area contributed by atoms with Crippen molar-refractivity contribution in [2.75, 3.05) is 20.2 Å². The number of fused-ring (bicyclic) bond motifs is 1. The number of unbranched alkanes of at least 4 members (excludes halogenated alkanes) is 2. The van der Waals surface area contributed by atoms with Gasteiger partial charge >= 0.3 is 0 Å². The van der Waals surface area contributed by atoms with Gasteiger partial charge < -0.3 is 10.1 Å². The second kappa shape index (κ2) is 9.62. The lowest BCUT2D eigenvalue weighted by atomic mass is 10.0. The van der Waals surface area contributed by atoms with Gasteiger partial charge in [0.05, 0.1) is 11.1 Å². The number of nitrogens with one attached hydrogen (secondary N) is 2. The van der Waals surface area contributed by atoms with Gasteiger partial charge in [0, 0.05) is 12.8 Å². The van der Waals surface area contributed by atoms with E-state index in [4.69, 9.17) is 4.74 Å². The van der Waals surface area contributed by atoms with Gasteiger partial charge in [-0.1, -0.05) is 12.5 Å². The van der Waals surface area contributed by atoms with E-state index < -0.39 is 29.7 Å². The molecule has 1 atom stereocenters. The molecule has 3 rings (SSSR count). The number of nitrogens with zero attached hydrogens (tertiary/aromatic N) is 1. The van der Waals surface area contributed by atoms with Crippen molar-refractivity contribution in [1.82, 2.24) is 15.5 Å². The van der Waals surface area contributed by atoms with Crippen LogP contribution in [0.15, 0.2) is 18.2 Å². The fourth-order valence-corrected chi connectivity index (χ4v) is 3.64. The van der Waals surface area contributed by atoms with Crippen molar-refractivity contribution in [2.24, 2.45) is 0 Å². The number of ether oxygens (including phenoxy) is 1. The van der Waals surface area contributed by atoms with Gasteiger partial charge in [0.1, 0.15) is 18.4 Å². The van der Waals surface area contributed by atoms with Crippen LogP contribution in [-0.2, 0) is 14.4 Å². The molecule has 0 aliphatic carbocycles. The maximum absolute atomic E-state index is 12.9. The minimum atomic E-state index is -1.04. The fourth-order valence-electron chi connectivity index (χ4n) is 3.64. The molecule has 0 spiro atoms. The van der Waals surface area contributed by atoms with Crippen LogP contribution in [-0.4, -0.2) is 60.6 Å². The highest BCUT2D eigenvalue weighted by Gasteiger charge is 2.46. The molecule has 9 nitrogen and oxygen atoms in total. The lowest BCUT2D eigenvalue weighted by Gasteiger charge is -2.27. The van der Waals surface area contributed by atoms with Gasteiger partial charge in [-0.2, -0.15) is 0 Å². The van der Waals surface area contributed by atoms with Crippen LogP contribution in [0.5, 0.6) is 5.75 Å². The van der Waals surface area contributed by atoms with Crippen molar-refractivity contribution in [2.45, 2.75) is 44.6 Å². The number of benzene rings is 1. The number of hydrogen-bond acceptors (Lipinski definition) is 7. The third-order valence-corrected chi connectivity index (χ3v) is 5.20. The Kier molecular flexibility index (Phi) is 6.94. The third-order valence-electron chi connectivity index (χ3n) is 5.20. The van der Waals surface area contributed by atoms with Crippen molar-refractivity contribution in [3.05, 3.63) is 29.3 Å².